The lowest BCUT2D eigenvalue weighted by molar-refractivity contribution is 0.120. The van der Waals surface area contributed by atoms with Crippen LogP contribution < -0.4 is 0 Å². The lowest BCUT2D eigenvalue weighted by atomic mass is 9.92. The minimum absolute atomic E-state index is 0.800. The molecule has 2 fully saturated rings. The van der Waals surface area contributed by atoms with Crippen LogP contribution in [0.3, 0.4) is 0 Å². The van der Waals surface area contributed by atoms with Gasteiger partial charge in [0.05, 0.1) is 0 Å². The van der Waals surface area contributed by atoms with E-state index in [0.717, 1.165) is 24.9 Å². The van der Waals surface area contributed by atoms with E-state index in [2.05, 4.69) is 36.1 Å². The number of allylic oxidation sites excluding steroid dienone is 3. The van der Waals surface area contributed by atoms with Crippen LogP contribution in [0, 0.1) is 5.92 Å². The first-order valence-corrected chi connectivity index (χ1v) is 7.11. The van der Waals surface area contributed by atoms with Crippen LogP contribution in [0.2, 0.25) is 0 Å². The zero-order chi connectivity index (χ0) is 13.0. The highest BCUT2D eigenvalue weighted by Crippen LogP contribution is 2.30. The fraction of sp³-hybridized carbons (Fsp3) is 0.625. The summed E-state index contributed by atoms with van der Waals surface area (Å²) in [6.45, 7) is 12.6. The van der Waals surface area contributed by atoms with Crippen LogP contribution in [-0.4, -0.2) is 49.1 Å². The summed E-state index contributed by atoms with van der Waals surface area (Å²) in [6, 6.07) is 0.800. The maximum Gasteiger partial charge on any atom is 0.0249 e. The summed E-state index contributed by atoms with van der Waals surface area (Å²) in [4.78, 5) is 5.16. The normalized spacial score (nSPS) is 30.2. The molecule has 2 heteroatoms. The molecule has 0 aromatic heterocycles. The molecule has 2 aliphatic heterocycles. The van der Waals surface area contributed by atoms with E-state index in [1.54, 1.807) is 0 Å². The average Bonchev–Trinajstić information content (AvgIpc) is 2.76. The first-order chi connectivity index (χ1) is 8.74. The molecule has 18 heavy (non-hydrogen) atoms. The molecule has 0 aliphatic carbocycles. The molecular formula is C16H26N2. The van der Waals surface area contributed by atoms with Gasteiger partial charge in [0, 0.05) is 19.1 Å². The van der Waals surface area contributed by atoms with Gasteiger partial charge >= 0.3 is 0 Å². The highest BCUT2D eigenvalue weighted by Gasteiger charge is 2.35. The topological polar surface area (TPSA) is 6.48 Å². The Hall–Kier alpha value is -0.860. The Labute approximate surface area is 112 Å². The number of likely N-dealkylation sites (tertiary alicyclic amines) is 2. The van der Waals surface area contributed by atoms with Crippen LogP contribution in [0.15, 0.2) is 37.0 Å². The number of likely N-dealkylation sites (N-methyl/N-ethyl adjacent to an activating group) is 1. The molecule has 0 aromatic carbocycles. The fourth-order valence-corrected chi connectivity index (χ4v) is 3.31. The van der Waals surface area contributed by atoms with Crippen molar-refractivity contribution in [3.8, 4) is 0 Å². The second kappa shape index (κ2) is 6.35. The number of hydrogen-bond donors (Lipinski definition) is 0. The van der Waals surface area contributed by atoms with Crippen molar-refractivity contribution in [2.45, 2.75) is 25.3 Å². The van der Waals surface area contributed by atoms with Crippen molar-refractivity contribution < 1.29 is 0 Å². The molecule has 2 unspecified atom stereocenters. The van der Waals surface area contributed by atoms with E-state index < -0.39 is 0 Å². The zero-order valence-corrected chi connectivity index (χ0v) is 11.6. The van der Waals surface area contributed by atoms with Gasteiger partial charge in [-0.3, -0.25) is 0 Å². The molecule has 2 saturated heterocycles. The van der Waals surface area contributed by atoms with Crippen LogP contribution in [0.1, 0.15) is 19.3 Å². The molecule has 0 bridgehead atoms. The third-order valence-corrected chi connectivity index (χ3v) is 4.54. The first-order valence-electron chi connectivity index (χ1n) is 7.11. The third-order valence-electron chi connectivity index (χ3n) is 4.54. The maximum atomic E-state index is 3.87. The van der Waals surface area contributed by atoms with Crippen molar-refractivity contribution in [1.82, 2.24) is 9.80 Å². The van der Waals surface area contributed by atoms with Gasteiger partial charge in [-0.1, -0.05) is 31.4 Å². The number of fused-ring (bicyclic) bond motifs is 1. The molecule has 2 nitrogen and oxygen atoms in total. The predicted molar refractivity (Wildman–Crippen MR) is 78.7 cm³/mol. The molecule has 2 atom stereocenters. The number of rotatable bonds is 5. The van der Waals surface area contributed by atoms with Gasteiger partial charge < -0.3 is 9.80 Å². The minimum atomic E-state index is 0.800. The van der Waals surface area contributed by atoms with E-state index >= 15 is 0 Å². The van der Waals surface area contributed by atoms with Crippen molar-refractivity contribution in [1.29, 1.82) is 0 Å². The Balaban J connectivity index is 1.82. The Morgan fingerprint density at radius 1 is 1.28 bits per heavy atom. The summed E-state index contributed by atoms with van der Waals surface area (Å²) in [5.74, 6) is 0.953. The number of hydrogen-bond acceptors (Lipinski definition) is 2. The van der Waals surface area contributed by atoms with Crippen LogP contribution in [-0.2, 0) is 0 Å². The van der Waals surface area contributed by atoms with Gasteiger partial charge in [0.15, 0.2) is 0 Å². The first kappa shape index (κ1) is 13.6. The van der Waals surface area contributed by atoms with Crippen LogP contribution in [0.4, 0.5) is 0 Å². The Morgan fingerprint density at radius 3 is 2.78 bits per heavy atom. The monoisotopic (exact) mass is 246 g/mol. The molecule has 2 rings (SSSR count). The van der Waals surface area contributed by atoms with Gasteiger partial charge in [-0.25, -0.2) is 0 Å². The lowest BCUT2D eigenvalue weighted by Crippen LogP contribution is -2.47. The molecule has 0 saturated carbocycles. The van der Waals surface area contributed by atoms with Crippen LogP contribution in [0.25, 0.3) is 0 Å². The van der Waals surface area contributed by atoms with Crippen LogP contribution in [0.5, 0.6) is 0 Å². The number of nitrogens with zero attached hydrogens (tertiary/aromatic N) is 2. The minimum Gasteiger partial charge on any atom is -0.302 e. The summed E-state index contributed by atoms with van der Waals surface area (Å²) in [5.41, 5.74) is 1.30. The van der Waals surface area contributed by atoms with Gasteiger partial charge in [0.1, 0.15) is 0 Å². The summed E-state index contributed by atoms with van der Waals surface area (Å²) >= 11 is 0. The smallest absolute Gasteiger partial charge is 0.0249 e. The van der Waals surface area contributed by atoms with E-state index in [4.69, 9.17) is 0 Å². The molecule has 2 aliphatic rings. The van der Waals surface area contributed by atoms with Crippen molar-refractivity contribution in [2.75, 3.05) is 33.2 Å². The quantitative estimate of drug-likeness (QED) is 0.688. The molecule has 0 radical (unpaired) electrons. The Bertz CT molecular complexity index is 332. The second-order valence-corrected chi connectivity index (χ2v) is 5.62. The largest absolute Gasteiger partial charge is 0.302 e. The maximum absolute atomic E-state index is 3.87. The van der Waals surface area contributed by atoms with E-state index in [0.29, 0.717) is 0 Å². The van der Waals surface area contributed by atoms with Gasteiger partial charge in [0.25, 0.3) is 0 Å². The third kappa shape index (κ3) is 3.12. The van der Waals surface area contributed by atoms with Gasteiger partial charge in [-0.05, 0) is 50.9 Å². The van der Waals surface area contributed by atoms with Crippen molar-refractivity contribution >= 4 is 0 Å². The molecule has 100 valence electrons. The molecule has 2 heterocycles. The van der Waals surface area contributed by atoms with E-state index in [1.165, 1.54) is 38.0 Å². The fourth-order valence-electron chi connectivity index (χ4n) is 3.31. The van der Waals surface area contributed by atoms with E-state index in [1.807, 2.05) is 12.2 Å². The summed E-state index contributed by atoms with van der Waals surface area (Å²) in [5, 5.41) is 0. The molecule has 0 spiro atoms. The summed E-state index contributed by atoms with van der Waals surface area (Å²) < 4.78 is 0. The standard InChI is InChI=1S/C16H26N2/c1-4-6-14(5-2)7-11-18-12-9-15-8-10-17(3)16(15)13-18/h4-6,15-16H,1-2,7-13H2,3H3/b14-6+. The highest BCUT2D eigenvalue weighted by atomic mass is 15.2. The molecular weight excluding hydrogens is 220 g/mol. The van der Waals surface area contributed by atoms with Crippen LogP contribution >= 0.6 is 0 Å². The number of piperidine rings is 1. The van der Waals surface area contributed by atoms with Crippen molar-refractivity contribution in [3.05, 3.63) is 37.0 Å². The van der Waals surface area contributed by atoms with Crippen molar-refractivity contribution in [3.63, 3.8) is 0 Å². The SMILES string of the molecule is C=C/C=C(\C=C)CCN1CCC2CCN(C)C2C1. The van der Waals surface area contributed by atoms with Gasteiger partial charge in [-0.15, -0.1) is 0 Å². The van der Waals surface area contributed by atoms with E-state index in [9.17, 15) is 0 Å². The summed E-state index contributed by atoms with van der Waals surface area (Å²) in [6.07, 6.45) is 9.76. The average molecular weight is 246 g/mol. The Morgan fingerprint density at radius 2 is 2.06 bits per heavy atom. The second-order valence-electron chi connectivity index (χ2n) is 5.62. The lowest BCUT2D eigenvalue weighted by Gasteiger charge is -2.37. The summed E-state index contributed by atoms with van der Waals surface area (Å²) in [7, 11) is 2.28. The van der Waals surface area contributed by atoms with Crippen molar-refractivity contribution in [2.24, 2.45) is 5.92 Å². The molecule has 0 aromatic rings. The Kier molecular flexibility index (Phi) is 4.79. The van der Waals surface area contributed by atoms with Gasteiger partial charge in [-0.2, -0.15) is 0 Å². The molecule has 0 N–H and O–H groups in total. The predicted octanol–water partition coefficient (Wildman–Crippen LogP) is 2.70. The highest BCUT2D eigenvalue weighted by molar-refractivity contribution is 5.21. The van der Waals surface area contributed by atoms with Gasteiger partial charge in [0.2, 0.25) is 0 Å². The zero-order valence-electron chi connectivity index (χ0n) is 11.6. The molecule has 0 amide bonds. The van der Waals surface area contributed by atoms with E-state index in [-0.39, 0.29) is 0 Å².